The van der Waals surface area contributed by atoms with Crippen LogP contribution in [0, 0.1) is 6.92 Å². The van der Waals surface area contributed by atoms with Crippen LogP contribution in [-0.2, 0) is 10.0 Å². The van der Waals surface area contributed by atoms with Gasteiger partial charge in [0.1, 0.15) is 6.10 Å². The molecule has 7 nitrogen and oxygen atoms in total. The van der Waals surface area contributed by atoms with E-state index in [1.165, 1.54) is 9.71 Å². The van der Waals surface area contributed by atoms with Crippen LogP contribution in [0.1, 0.15) is 17.5 Å². The molecule has 0 radical (unpaired) electrons. The van der Waals surface area contributed by atoms with E-state index >= 15 is 0 Å². The summed E-state index contributed by atoms with van der Waals surface area (Å²) in [5.41, 5.74) is 1.99. The maximum Gasteiger partial charge on any atom is 0.236 e. The van der Waals surface area contributed by atoms with Crippen LogP contribution >= 0.6 is 0 Å². The van der Waals surface area contributed by atoms with Gasteiger partial charge in [-0.3, -0.25) is 4.98 Å². The van der Waals surface area contributed by atoms with Gasteiger partial charge in [0, 0.05) is 26.0 Å². The highest BCUT2D eigenvalue weighted by Crippen LogP contribution is 2.21. The molecule has 0 aliphatic carbocycles. The molecule has 0 N–H and O–H groups in total. The molecule has 1 aromatic carbocycles. The molecule has 1 aliphatic rings. The summed E-state index contributed by atoms with van der Waals surface area (Å²) < 4.78 is 32.4. The van der Waals surface area contributed by atoms with Gasteiger partial charge in [-0.2, -0.15) is 9.29 Å². The van der Waals surface area contributed by atoms with Crippen LogP contribution in [0.3, 0.4) is 0 Å². The molecule has 2 aromatic rings. The normalized spacial score (nSPS) is 18.1. The third-order valence-electron chi connectivity index (χ3n) is 4.32. The van der Waals surface area contributed by atoms with Gasteiger partial charge in [0.25, 0.3) is 0 Å². The van der Waals surface area contributed by atoms with Crippen molar-refractivity contribution in [3.8, 4) is 5.88 Å². The van der Waals surface area contributed by atoms with Crippen LogP contribution in [0.25, 0.3) is 6.08 Å². The maximum atomic E-state index is 12.6. The molecule has 1 unspecified atom stereocenters. The van der Waals surface area contributed by atoms with Crippen molar-refractivity contribution in [2.75, 3.05) is 32.1 Å². The van der Waals surface area contributed by atoms with Gasteiger partial charge in [-0.1, -0.05) is 29.8 Å². The first-order valence-electron chi connectivity index (χ1n) is 8.74. The Labute approximate surface area is 160 Å². The summed E-state index contributed by atoms with van der Waals surface area (Å²) in [6.45, 7) is 2.72. The summed E-state index contributed by atoms with van der Waals surface area (Å²) in [6.07, 6.45) is 5.19. The van der Waals surface area contributed by atoms with E-state index in [-0.39, 0.29) is 6.10 Å². The fourth-order valence-electron chi connectivity index (χ4n) is 2.73. The molecule has 0 amide bonds. The minimum absolute atomic E-state index is 0.237. The molecule has 1 atom stereocenters. The van der Waals surface area contributed by atoms with Gasteiger partial charge < -0.3 is 9.64 Å². The lowest BCUT2D eigenvalue weighted by Gasteiger charge is -2.16. The monoisotopic (exact) mass is 388 g/mol. The van der Waals surface area contributed by atoms with Crippen molar-refractivity contribution in [3.63, 3.8) is 0 Å². The van der Waals surface area contributed by atoms with E-state index in [4.69, 9.17) is 4.74 Å². The van der Waals surface area contributed by atoms with Crippen molar-refractivity contribution in [2.24, 2.45) is 0 Å². The zero-order chi connectivity index (χ0) is 19.4. The van der Waals surface area contributed by atoms with E-state index in [0.717, 1.165) is 11.1 Å². The number of anilines is 1. The van der Waals surface area contributed by atoms with E-state index in [0.29, 0.717) is 31.2 Å². The van der Waals surface area contributed by atoms with Crippen molar-refractivity contribution < 1.29 is 13.2 Å². The standard InChI is InChI=1S/C19H24N4O3S/c1-15-4-6-16(7-5-15)9-11-27(24,25)23-10-8-17(14-23)26-19-13-20-12-18(21-19)22(2)3/h4-7,9,11-13,17H,8,10,14H2,1-3H3/b11-9+. The Morgan fingerprint density at radius 1 is 1.22 bits per heavy atom. The highest BCUT2D eigenvalue weighted by Gasteiger charge is 2.31. The Morgan fingerprint density at radius 2 is 1.96 bits per heavy atom. The number of ether oxygens (including phenoxy) is 1. The second-order valence-electron chi connectivity index (χ2n) is 6.75. The van der Waals surface area contributed by atoms with E-state index < -0.39 is 10.0 Å². The van der Waals surface area contributed by atoms with E-state index in [1.807, 2.05) is 50.2 Å². The fourth-order valence-corrected chi connectivity index (χ4v) is 3.97. The van der Waals surface area contributed by atoms with Crippen LogP contribution in [0.15, 0.2) is 42.1 Å². The number of hydrogen-bond acceptors (Lipinski definition) is 6. The molecule has 1 saturated heterocycles. The predicted octanol–water partition coefficient (Wildman–Crippen LogP) is 2.30. The number of aryl methyl sites for hydroxylation is 1. The number of aromatic nitrogens is 2. The highest BCUT2D eigenvalue weighted by atomic mass is 32.2. The maximum absolute atomic E-state index is 12.6. The molecule has 2 heterocycles. The van der Waals surface area contributed by atoms with Gasteiger partial charge >= 0.3 is 0 Å². The van der Waals surface area contributed by atoms with Gasteiger partial charge in [0.15, 0.2) is 5.82 Å². The first-order valence-corrected chi connectivity index (χ1v) is 10.2. The minimum atomic E-state index is -3.49. The first kappa shape index (κ1) is 19.3. The largest absolute Gasteiger partial charge is 0.472 e. The van der Waals surface area contributed by atoms with E-state index in [9.17, 15) is 8.42 Å². The average Bonchev–Trinajstić information content (AvgIpc) is 3.11. The molecule has 0 bridgehead atoms. The molecule has 27 heavy (non-hydrogen) atoms. The van der Waals surface area contributed by atoms with Crippen LogP contribution in [0.4, 0.5) is 5.82 Å². The SMILES string of the molecule is Cc1ccc(/C=C/S(=O)(=O)N2CCC(Oc3cncc(N(C)C)n3)C2)cc1. The van der Waals surface area contributed by atoms with E-state index in [1.54, 1.807) is 18.5 Å². The van der Waals surface area contributed by atoms with Crippen LogP contribution < -0.4 is 9.64 Å². The number of rotatable bonds is 6. The van der Waals surface area contributed by atoms with Crippen molar-refractivity contribution >= 4 is 21.9 Å². The Hall–Kier alpha value is -2.45. The Balaban J connectivity index is 1.62. The summed E-state index contributed by atoms with van der Waals surface area (Å²) in [7, 11) is 0.260. The van der Waals surface area contributed by atoms with Crippen molar-refractivity contribution in [1.29, 1.82) is 0 Å². The van der Waals surface area contributed by atoms with Crippen LogP contribution in [0.2, 0.25) is 0 Å². The topological polar surface area (TPSA) is 75.6 Å². The number of hydrogen-bond donors (Lipinski definition) is 0. The molecule has 0 spiro atoms. The Morgan fingerprint density at radius 3 is 2.67 bits per heavy atom. The predicted molar refractivity (Wildman–Crippen MR) is 106 cm³/mol. The van der Waals surface area contributed by atoms with Crippen LogP contribution in [-0.4, -0.2) is 56.0 Å². The third-order valence-corrected chi connectivity index (χ3v) is 5.85. The second kappa shape index (κ2) is 8.06. The van der Waals surface area contributed by atoms with Gasteiger partial charge in [-0.05, 0) is 25.0 Å². The van der Waals surface area contributed by atoms with Crippen LogP contribution in [0.5, 0.6) is 5.88 Å². The summed E-state index contributed by atoms with van der Waals surface area (Å²) in [5.74, 6) is 1.09. The van der Waals surface area contributed by atoms with Crippen molar-refractivity contribution in [3.05, 3.63) is 53.2 Å². The molecule has 3 rings (SSSR count). The highest BCUT2D eigenvalue weighted by molar-refractivity contribution is 7.92. The number of benzene rings is 1. The van der Waals surface area contributed by atoms with Crippen molar-refractivity contribution in [2.45, 2.75) is 19.4 Å². The molecule has 8 heteroatoms. The third kappa shape index (κ3) is 5.05. The number of nitrogens with zero attached hydrogens (tertiary/aromatic N) is 4. The smallest absolute Gasteiger partial charge is 0.236 e. The summed E-state index contributed by atoms with van der Waals surface area (Å²) in [5, 5.41) is 1.26. The zero-order valence-corrected chi connectivity index (χ0v) is 16.6. The zero-order valence-electron chi connectivity index (χ0n) is 15.7. The number of sulfonamides is 1. The fraction of sp³-hybridized carbons (Fsp3) is 0.368. The van der Waals surface area contributed by atoms with Gasteiger partial charge in [-0.25, -0.2) is 8.42 Å². The molecule has 144 valence electrons. The van der Waals surface area contributed by atoms with Crippen molar-refractivity contribution in [1.82, 2.24) is 14.3 Å². The Kier molecular flexibility index (Phi) is 5.76. The van der Waals surface area contributed by atoms with Gasteiger partial charge in [0.2, 0.25) is 15.9 Å². The second-order valence-corrected chi connectivity index (χ2v) is 8.57. The van der Waals surface area contributed by atoms with E-state index in [2.05, 4.69) is 9.97 Å². The molecular weight excluding hydrogens is 364 g/mol. The lowest BCUT2D eigenvalue weighted by atomic mass is 10.2. The average molecular weight is 388 g/mol. The summed E-state index contributed by atoms with van der Waals surface area (Å²) in [4.78, 5) is 10.3. The molecular formula is C19H24N4O3S. The quantitative estimate of drug-likeness (QED) is 0.756. The molecule has 1 aromatic heterocycles. The lowest BCUT2D eigenvalue weighted by Crippen LogP contribution is -2.29. The summed E-state index contributed by atoms with van der Waals surface area (Å²) in [6, 6.07) is 7.70. The molecule has 1 aliphatic heterocycles. The van der Waals surface area contributed by atoms with Gasteiger partial charge in [-0.15, -0.1) is 0 Å². The van der Waals surface area contributed by atoms with Gasteiger partial charge in [0.05, 0.1) is 18.9 Å². The lowest BCUT2D eigenvalue weighted by molar-refractivity contribution is 0.206. The molecule has 0 saturated carbocycles. The Bertz CT molecular complexity index is 911. The summed E-state index contributed by atoms with van der Waals surface area (Å²) >= 11 is 0. The first-order chi connectivity index (χ1) is 12.8. The molecule has 1 fully saturated rings. The minimum Gasteiger partial charge on any atom is -0.472 e.